The molecule has 6 heteroatoms. The summed E-state index contributed by atoms with van der Waals surface area (Å²) in [5.74, 6) is -0.509. The summed E-state index contributed by atoms with van der Waals surface area (Å²) in [4.78, 5) is 25.2. The molecule has 2 atom stereocenters. The van der Waals surface area contributed by atoms with Crippen molar-refractivity contribution < 1.29 is 14.3 Å². The summed E-state index contributed by atoms with van der Waals surface area (Å²) in [5, 5.41) is 3.28. The number of halogens is 1. The molecule has 0 bridgehead atoms. The first kappa shape index (κ1) is 19.3. The Morgan fingerprint density at radius 1 is 1.12 bits per heavy atom. The molecule has 132 valence electrons. The van der Waals surface area contributed by atoms with Crippen molar-refractivity contribution in [1.29, 1.82) is 0 Å². The van der Waals surface area contributed by atoms with Gasteiger partial charge in [0.15, 0.2) is 0 Å². The molecule has 1 N–H and O–H groups in total. The van der Waals surface area contributed by atoms with E-state index < -0.39 is 6.04 Å². The van der Waals surface area contributed by atoms with Gasteiger partial charge in [0, 0.05) is 9.92 Å². The van der Waals surface area contributed by atoms with Gasteiger partial charge in [-0.1, -0.05) is 41.9 Å². The highest BCUT2D eigenvalue weighted by molar-refractivity contribution is 8.00. The summed E-state index contributed by atoms with van der Waals surface area (Å²) in [6.07, 6.45) is 0.0879. The largest absolute Gasteiger partial charge is 0.469 e. The van der Waals surface area contributed by atoms with Gasteiger partial charge in [-0.15, -0.1) is 11.8 Å². The van der Waals surface area contributed by atoms with E-state index in [2.05, 4.69) is 5.32 Å². The molecule has 2 aromatic carbocycles. The lowest BCUT2D eigenvalue weighted by molar-refractivity contribution is -0.141. The zero-order valence-corrected chi connectivity index (χ0v) is 15.6. The number of methoxy groups -OCH3 is 1. The molecule has 1 amide bonds. The smallest absolute Gasteiger partial charge is 0.307 e. The molecule has 0 spiro atoms. The van der Waals surface area contributed by atoms with Gasteiger partial charge in [0.05, 0.1) is 24.8 Å². The lowest BCUT2D eigenvalue weighted by atomic mass is 10.0. The summed E-state index contributed by atoms with van der Waals surface area (Å²) in [5.41, 5.74) is 0.866. The quantitative estimate of drug-likeness (QED) is 0.579. The third-order valence-electron chi connectivity index (χ3n) is 3.61. The SMILES string of the molecule is COC(=O)CC(NC(=O)C(C)Sc1ccc(Cl)cc1)c1ccccc1. The normalized spacial score (nSPS) is 12.9. The van der Waals surface area contributed by atoms with Gasteiger partial charge in [0.2, 0.25) is 5.91 Å². The van der Waals surface area contributed by atoms with Crippen molar-refractivity contribution in [3.05, 3.63) is 65.2 Å². The molecule has 0 aliphatic heterocycles. The monoisotopic (exact) mass is 377 g/mol. The lowest BCUT2D eigenvalue weighted by Gasteiger charge is -2.20. The molecule has 0 saturated carbocycles. The summed E-state index contributed by atoms with van der Waals surface area (Å²) in [7, 11) is 1.34. The Morgan fingerprint density at radius 2 is 1.76 bits per heavy atom. The Bertz CT molecular complexity index is 706. The third kappa shape index (κ3) is 6.11. The van der Waals surface area contributed by atoms with Crippen LogP contribution in [0, 0.1) is 0 Å². The molecule has 2 aromatic rings. The van der Waals surface area contributed by atoms with Crippen LogP contribution in [0.25, 0.3) is 0 Å². The second-order valence-corrected chi connectivity index (χ2v) is 7.32. The molecule has 2 unspecified atom stereocenters. The highest BCUT2D eigenvalue weighted by Gasteiger charge is 2.22. The highest BCUT2D eigenvalue weighted by Crippen LogP contribution is 2.26. The van der Waals surface area contributed by atoms with Crippen molar-refractivity contribution >= 4 is 35.2 Å². The average molecular weight is 378 g/mol. The van der Waals surface area contributed by atoms with Crippen LogP contribution in [0.3, 0.4) is 0 Å². The average Bonchev–Trinajstić information content (AvgIpc) is 2.63. The van der Waals surface area contributed by atoms with Crippen molar-refractivity contribution in [2.45, 2.75) is 29.5 Å². The summed E-state index contributed by atoms with van der Waals surface area (Å²) < 4.78 is 4.74. The van der Waals surface area contributed by atoms with Crippen LogP contribution in [0.15, 0.2) is 59.5 Å². The molecule has 0 radical (unpaired) electrons. The summed E-state index contributed by atoms with van der Waals surface area (Å²) >= 11 is 7.31. The summed E-state index contributed by atoms with van der Waals surface area (Å²) in [6.45, 7) is 1.83. The maximum Gasteiger partial charge on any atom is 0.307 e. The van der Waals surface area contributed by atoms with Crippen LogP contribution in [0.1, 0.15) is 24.9 Å². The molecule has 0 saturated heterocycles. The molecule has 2 rings (SSSR count). The van der Waals surface area contributed by atoms with E-state index in [1.807, 2.05) is 49.4 Å². The first-order chi connectivity index (χ1) is 12.0. The van der Waals surface area contributed by atoms with Crippen molar-refractivity contribution in [3.63, 3.8) is 0 Å². The number of nitrogens with one attached hydrogen (secondary N) is 1. The zero-order chi connectivity index (χ0) is 18.2. The first-order valence-electron chi connectivity index (χ1n) is 7.84. The molecule has 4 nitrogen and oxygen atoms in total. The number of carbonyl (C=O) groups excluding carboxylic acids is 2. The van der Waals surface area contributed by atoms with Crippen LogP contribution >= 0.6 is 23.4 Å². The Morgan fingerprint density at radius 3 is 2.36 bits per heavy atom. The van der Waals surface area contributed by atoms with Gasteiger partial charge in [-0.25, -0.2) is 0 Å². The molecule has 0 aromatic heterocycles. The molecule has 25 heavy (non-hydrogen) atoms. The zero-order valence-electron chi connectivity index (χ0n) is 14.1. The van der Waals surface area contributed by atoms with Crippen molar-refractivity contribution in [3.8, 4) is 0 Å². The number of benzene rings is 2. The highest BCUT2D eigenvalue weighted by atomic mass is 35.5. The Kier molecular flexibility index (Phi) is 7.34. The van der Waals surface area contributed by atoms with E-state index >= 15 is 0 Å². The topological polar surface area (TPSA) is 55.4 Å². The maximum absolute atomic E-state index is 12.6. The predicted octanol–water partition coefficient (Wildman–Crippen LogP) is 4.24. The number of amides is 1. The molecule has 0 aliphatic carbocycles. The van der Waals surface area contributed by atoms with Gasteiger partial charge >= 0.3 is 5.97 Å². The lowest BCUT2D eigenvalue weighted by Crippen LogP contribution is -2.35. The Hall–Kier alpha value is -1.98. The van der Waals surface area contributed by atoms with Crippen molar-refractivity contribution in [1.82, 2.24) is 5.32 Å². The van der Waals surface area contributed by atoms with E-state index in [1.54, 1.807) is 12.1 Å². The van der Waals surface area contributed by atoms with Gasteiger partial charge in [-0.3, -0.25) is 9.59 Å². The van der Waals surface area contributed by atoms with Crippen LogP contribution in [-0.2, 0) is 14.3 Å². The van der Waals surface area contributed by atoms with E-state index in [9.17, 15) is 9.59 Å². The maximum atomic E-state index is 12.6. The number of esters is 1. The van der Waals surface area contributed by atoms with Crippen LogP contribution < -0.4 is 5.32 Å². The molecule has 0 heterocycles. The van der Waals surface area contributed by atoms with Crippen LogP contribution in [0.5, 0.6) is 0 Å². The van der Waals surface area contributed by atoms with E-state index in [0.717, 1.165) is 10.5 Å². The number of ether oxygens (including phenoxy) is 1. The van der Waals surface area contributed by atoms with Gasteiger partial charge in [-0.2, -0.15) is 0 Å². The Labute approximate surface area is 156 Å². The summed E-state index contributed by atoms with van der Waals surface area (Å²) in [6, 6.07) is 16.3. The van der Waals surface area contributed by atoms with Crippen LogP contribution in [0.2, 0.25) is 5.02 Å². The number of carbonyl (C=O) groups is 2. The number of hydrogen-bond donors (Lipinski definition) is 1. The molecule has 0 aliphatic rings. The van der Waals surface area contributed by atoms with E-state index in [4.69, 9.17) is 16.3 Å². The van der Waals surface area contributed by atoms with Gasteiger partial charge < -0.3 is 10.1 Å². The fraction of sp³-hybridized carbons (Fsp3) is 0.263. The molecular formula is C19H20ClNO3S. The predicted molar refractivity (Wildman–Crippen MR) is 101 cm³/mol. The molecule has 0 fully saturated rings. The van der Waals surface area contributed by atoms with Crippen LogP contribution in [0.4, 0.5) is 0 Å². The number of rotatable bonds is 7. The number of hydrogen-bond acceptors (Lipinski definition) is 4. The van der Waals surface area contributed by atoms with E-state index in [0.29, 0.717) is 5.02 Å². The minimum atomic E-state index is -0.422. The minimum absolute atomic E-state index is 0.0879. The fourth-order valence-corrected chi connectivity index (χ4v) is 3.25. The molecular weight excluding hydrogens is 358 g/mol. The van der Waals surface area contributed by atoms with Crippen LogP contribution in [-0.4, -0.2) is 24.2 Å². The minimum Gasteiger partial charge on any atom is -0.469 e. The standard InChI is InChI=1S/C19H20ClNO3S/c1-13(25-16-10-8-15(20)9-11-16)19(23)21-17(12-18(22)24-2)14-6-4-3-5-7-14/h3-11,13,17H,12H2,1-2H3,(H,21,23). The first-order valence-corrected chi connectivity index (χ1v) is 9.09. The van der Waals surface area contributed by atoms with Gasteiger partial charge in [0.1, 0.15) is 0 Å². The third-order valence-corrected chi connectivity index (χ3v) is 4.98. The fourth-order valence-electron chi connectivity index (χ4n) is 2.25. The van der Waals surface area contributed by atoms with E-state index in [-0.39, 0.29) is 23.5 Å². The second kappa shape index (κ2) is 9.49. The van der Waals surface area contributed by atoms with Crippen molar-refractivity contribution in [2.24, 2.45) is 0 Å². The van der Waals surface area contributed by atoms with Crippen molar-refractivity contribution in [2.75, 3.05) is 7.11 Å². The Balaban J connectivity index is 2.04. The second-order valence-electron chi connectivity index (χ2n) is 5.47. The van der Waals surface area contributed by atoms with Gasteiger partial charge in [0.25, 0.3) is 0 Å². The van der Waals surface area contributed by atoms with E-state index in [1.165, 1.54) is 18.9 Å². The van der Waals surface area contributed by atoms with Gasteiger partial charge in [-0.05, 0) is 36.8 Å². The number of thioether (sulfide) groups is 1.